The molecule has 0 bridgehead atoms. The summed E-state index contributed by atoms with van der Waals surface area (Å²) in [4.78, 5) is 7.68. The zero-order chi connectivity index (χ0) is 23.2. The summed E-state index contributed by atoms with van der Waals surface area (Å²) in [5, 5.41) is 34.6. The lowest BCUT2D eigenvalue weighted by Gasteiger charge is -2.28. The van der Waals surface area contributed by atoms with E-state index < -0.39 is 42.3 Å². The predicted octanol–water partition coefficient (Wildman–Crippen LogP) is 2.36. The van der Waals surface area contributed by atoms with Gasteiger partial charge >= 0.3 is 6.18 Å². The summed E-state index contributed by atoms with van der Waals surface area (Å²) in [5.41, 5.74) is 3.87. The molecule has 0 radical (unpaired) electrons. The number of pyridine rings is 1. The van der Waals surface area contributed by atoms with E-state index in [4.69, 9.17) is 10.5 Å². The summed E-state index contributed by atoms with van der Waals surface area (Å²) in [5.74, 6) is 0. The van der Waals surface area contributed by atoms with Crippen LogP contribution in [0.3, 0.4) is 0 Å². The molecule has 0 amide bonds. The normalized spacial score (nSPS) is 16.6. The first kappa shape index (κ1) is 25.8. The van der Waals surface area contributed by atoms with E-state index in [0.717, 1.165) is 18.0 Å². The van der Waals surface area contributed by atoms with Gasteiger partial charge in [-0.15, -0.1) is 11.3 Å². The van der Waals surface area contributed by atoms with Gasteiger partial charge in [-0.1, -0.05) is 11.8 Å². The van der Waals surface area contributed by atoms with E-state index in [9.17, 15) is 28.5 Å². The van der Waals surface area contributed by atoms with Gasteiger partial charge in [0.1, 0.15) is 11.1 Å². The number of hydrogen-bond acceptors (Lipinski definition) is 10. The Morgan fingerprint density at radius 1 is 1.42 bits per heavy atom. The van der Waals surface area contributed by atoms with E-state index in [1.807, 2.05) is 0 Å². The minimum absolute atomic E-state index is 0.241. The smallest absolute Gasteiger partial charge is 0.395 e. The molecule has 0 saturated carbocycles. The molecule has 14 heteroatoms. The van der Waals surface area contributed by atoms with Gasteiger partial charge in [0, 0.05) is 33.3 Å². The maximum absolute atomic E-state index is 12.9. The van der Waals surface area contributed by atoms with Gasteiger partial charge in [0.05, 0.1) is 18.4 Å². The van der Waals surface area contributed by atoms with Crippen molar-refractivity contribution in [3.05, 3.63) is 45.2 Å². The molecule has 172 valence electrons. The molecular weight excluding hydrogens is 525 g/mol. The zero-order valence-corrected chi connectivity index (χ0v) is 19.2. The first-order chi connectivity index (χ1) is 14.5. The second kappa shape index (κ2) is 11.4. The summed E-state index contributed by atoms with van der Waals surface area (Å²) >= 11 is 4.97. The van der Waals surface area contributed by atoms with Crippen LogP contribution >= 0.6 is 39.0 Å². The van der Waals surface area contributed by atoms with Crippen LogP contribution in [-0.2, 0) is 10.9 Å². The molecule has 0 aliphatic heterocycles. The van der Waals surface area contributed by atoms with E-state index in [1.165, 1.54) is 30.5 Å². The number of ether oxygens (including phenoxy) is 1. The van der Waals surface area contributed by atoms with Crippen molar-refractivity contribution in [2.24, 2.45) is 5.73 Å². The number of hydrogen-bond donors (Lipinski definition) is 5. The Kier molecular flexibility index (Phi) is 9.54. The molecular formula is C17H20BrF3N4O4S2. The highest BCUT2D eigenvalue weighted by Crippen LogP contribution is 2.36. The molecule has 2 rings (SSSR count). The number of alkyl halides is 3. The van der Waals surface area contributed by atoms with Crippen LogP contribution in [0.15, 0.2) is 39.4 Å². The van der Waals surface area contributed by atoms with Crippen molar-refractivity contribution in [3.8, 4) is 0 Å². The van der Waals surface area contributed by atoms with Gasteiger partial charge in [0.25, 0.3) is 0 Å². The number of rotatable bonds is 10. The lowest BCUT2D eigenvalue weighted by molar-refractivity contribution is -0.141. The van der Waals surface area contributed by atoms with Gasteiger partial charge in [0.15, 0.2) is 17.4 Å². The maximum atomic E-state index is 12.9. The molecule has 4 unspecified atom stereocenters. The van der Waals surface area contributed by atoms with E-state index in [1.54, 1.807) is 11.6 Å². The number of aliphatic hydroxyl groups excluding tert-OH is 3. The molecule has 8 nitrogen and oxygen atoms in total. The minimum atomic E-state index is -4.63. The molecule has 2 aromatic heterocycles. The molecule has 4 atom stereocenters. The monoisotopic (exact) mass is 544 g/mol. The first-order valence-corrected chi connectivity index (χ1v) is 11.2. The van der Waals surface area contributed by atoms with Crippen LogP contribution in [0.5, 0.6) is 0 Å². The van der Waals surface area contributed by atoms with Gasteiger partial charge in [-0.3, -0.25) is 0 Å². The molecule has 2 aromatic rings. The largest absolute Gasteiger partial charge is 0.434 e. The van der Waals surface area contributed by atoms with E-state index in [0.29, 0.717) is 5.01 Å². The standard InChI is InChI=1S/C17H20BrF3N4O4S2/c1-8(27)12(7-26)29-16(14(28)25-6-11(22)15-23-2-3-30-15)31-9-4-10(18)13(24-5-9)17(19,20)21/h2-6,8,12,14,16,25-28H,7,22H2,1H3/b11-6-. The van der Waals surface area contributed by atoms with E-state index >= 15 is 0 Å². The number of nitrogens with two attached hydrogens (primary N) is 1. The fourth-order valence-electron chi connectivity index (χ4n) is 2.16. The van der Waals surface area contributed by atoms with Crippen molar-refractivity contribution in [1.82, 2.24) is 15.3 Å². The Balaban J connectivity index is 2.21. The van der Waals surface area contributed by atoms with E-state index in [2.05, 4.69) is 31.2 Å². The van der Waals surface area contributed by atoms with Gasteiger partial charge in [-0.05, 0) is 28.9 Å². The van der Waals surface area contributed by atoms with E-state index in [-0.39, 0.29) is 15.1 Å². The van der Waals surface area contributed by atoms with Crippen molar-refractivity contribution in [2.45, 2.75) is 41.9 Å². The van der Waals surface area contributed by atoms with Crippen LogP contribution in [0.25, 0.3) is 5.70 Å². The second-order valence-electron chi connectivity index (χ2n) is 6.13. The molecule has 2 heterocycles. The molecule has 0 spiro atoms. The molecule has 31 heavy (non-hydrogen) atoms. The number of nitrogens with zero attached hydrogens (tertiary/aromatic N) is 2. The van der Waals surface area contributed by atoms with Gasteiger partial charge < -0.3 is 31.1 Å². The lowest BCUT2D eigenvalue weighted by atomic mass is 10.2. The fraction of sp³-hybridized carbons (Fsp3) is 0.412. The molecule has 0 fully saturated rings. The topological polar surface area (TPSA) is 134 Å². The third kappa shape index (κ3) is 7.59. The van der Waals surface area contributed by atoms with Crippen molar-refractivity contribution in [2.75, 3.05) is 6.61 Å². The molecule has 0 aliphatic carbocycles. The van der Waals surface area contributed by atoms with Crippen LogP contribution in [0, 0.1) is 0 Å². The Morgan fingerprint density at radius 3 is 2.65 bits per heavy atom. The summed E-state index contributed by atoms with van der Waals surface area (Å²) in [6.45, 7) is 0.840. The zero-order valence-electron chi connectivity index (χ0n) is 16.0. The summed E-state index contributed by atoms with van der Waals surface area (Å²) in [6.07, 6.45) is -4.34. The van der Waals surface area contributed by atoms with Crippen molar-refractivity contribution in [3.63, 3.8) is 0 Å². The predicted molar refractivity (Wildman–Crippen MR) is 114 cm³/mol. The van der Waals surface area contributed by atoms with Crippen molar-refractivity contribution in [1.29, 1.82) is 0 Å². The highest BCUT2D eigenvalue weighted by molar-refractivity contribution is 9.10. The summed E-state index contributed by atoms with van der Waals surface area (Å²) in [7, 11) is 0. The average molecular weight is 545 g/mol. The first-order valence-electron chi connectivity index (χ1n) is 8.66. The highest BCUT2D eigenvalue weighted by Gasteiger charge is 2.35. The molecule has 0 aromatic carbocycles. The summed E-state index contributed by atoms with van der Waals surface area (Å²) < 4.78 is 44.1. The number of halogens is 4. The van der Waals surface area contributed by atoms with Crippen LogP contribution in [0.2, 0.25) is 0 Å². The number of thiazole rings is 1. The highest BCUT2D eigenvalue weighted by atomic mass is 79.9. The minimum Gasteiger partial charge on any atom is -0.395 e. The number of nitrogens with one attached hydrogen (secondary N) is 1. The Bertz CT molecular complexity index is 872. The van der Waals surface area contributed by atoms with Crippen molar-refractivity contribution < 1.29 is 33.2 Å². The summed E-state index contributed by atoms with van der Waals surface area (Å²) in [6, 6.07) is 1.18. The van der Waals surface area contributed by atoms with Crippen molar-refractivity contribution >= 4 is 44.7 Å². The van der Waals surface area contributed by atoms with Crippen LogP contribution in [0.1, 0.15) is 17.6 Å². The lowest BCUT2D eigenvalue weighted by Crippen LogP contribution is -2.42. The maximum Gasteiger partial charge on any atom is 0.434 e. The third-order valence-corrected chi connectivity index (χ3v) is 6.23. The van der Waals surface area contributed by atoms with Crippen LogP contribution < -0.4 is 11.1 Å². The Morgan fingerprint density at radius 2 is 2.13 bits per heavy atom. The molecule has 6 N–H and O–H groups in total. The van der Waals surface area contributed by atoms with Crippen LogP contribution in [-0.4, -0.2) is 55.8 Å². The van der Waals surface area contributed by atoms with Gasteiger partial charge in [-0.25, -0.2) is 9.97 Å². The third-order valence-electron chi connectivity index (χ3n) is 3.71. The van der Waals surface area contributed by atoms with Gasteiger partial charge in [-0.2, -0.15) is 13.2 Å². The number of aromatic nitrogens is 2. The Hall–Kier alpha value is -1.42. The van der Waals surface area contributed by atoms with Crippen LogP contribution in [0.4, 0.5) is 13.2 Å². The molecule has 0 saturated heterocycles. The number of thioether (sulfide) groups is 1. The number of aliphatic hydroxyl groups is 3. The van der Waals surface area contributed by atoms with Gasteiger partial charge in [0.2, 0.25) is 0 Å². The Labute approximate surface area is 192 Å². The fourth-order valence-corrected chi connectivity index (χ4v) is 4.42. The average Bonchev–Trinajstić information content (AvgIpc) is 3.22. The second-order valence-corrected chi connectivity index (χ2v) is 9.05. The molecule has 0 aliphatic rings. The quantitative estimate of drug-likeness (QED) is 0.225. The SMILES string of the molecule is CC(O)C(CO)OC(Sc1cnc(C(F)(F)F)c(Br)c1)C(O)N/C=C(\N)c1nccs1.